The summed E-state index contributed by atoms with van der Waals surface area (Å²) in [5, 5.41) is 0. The number of halogens is 2. The van der Waals surface area contributed by atoms with Gasteiger partial charge in [-0.25, -0.2) is 4.39 Å². The van der Waals surface area contributed by atoms with Crippen LogP contribution in [-0.4, -0.2) is 42.8 Å². The molecule has 2 aliphatic rings. The molecule has 5 rings (SSSR count). The van der Waals surface area contributed by atoms with Crippen LogP contribution in [0, 0.1) is 11.7 Å². The number of carbonyl (C=O) groups is 2. The third kappa shape index (κ3) is 4.63. The number of hydrogen-bond acceptors (Lipinski definition) is 3. The third-order valence-electron chi connectivity index (χ3n) is 7.48. The monoisotopic (exact) mass is 492 g/mol. The van der Waals surface area contributed by atoms with Gasteiger partial charge in [0.05, 0.1) is 5.41 Å². The largest absolute Gasteiger partial charge is 0.310 e. The predicted octanol–water partition coefficient (Wildman–Crippen LogP) is 5.50. The van der Waals surface area contributed by atoms with Crippen LogP contribution in [0.3, 0.4) is 0 Å². The predicted molar refractivity (Wildman–Crippen MR) is 139 cm³/mol. The van der Waals surface area contributed by atoms with Gasteiger partial charge in [0.15, 0.2) is 5.78 Å². The molecule has 3 aromatic carbocycles. The Labute approximate surface area is 212 Å². The van der Waals surface area contributed by atoms with Crippen LogP contribution in [0.25, 0.3) is 0 Å². The summed E-state index contributed by atoms with van der Waals surface area (Å²) in [6, 6.07) is 23.9. The molecule has 0 spiro atoms. The molecule has 3 aromatic rings. The van der Waals surface area contributed by atoms with Crippen molar-refractivity contribution in [1.82, 2.24) is 4.90 Å². The third-order valence-corrected chi connectivity index (χ3v) is 7.48. The fourth-order valence-corrected chi connectivity index (χ4v) is 5.41. The number of para-hydroxylation sites is 1. The van der Waals surface area contributed by atoms with Crippen LogP contribution in [0.5, 0.6) is 0 Å². The first-order valence-electron chi connectivity index (χ1n) is 12.0. The highest BCUT2D eigenvalue weighted by Crippen LogP contribution is 2.45. The van der Waals surface area contributed by atoms with E-state index in [-0.39, 0.29) is 35.8 Å². The molecule has 1 atom stereocenters. The minimum absolute atomic E-state index is 0. The van der Waals surface area contributed by atoms with E-state index in [1.807, 2.05) is 60.4 Å². The van der Waals surface area contributed by atoms with E-state index in [4.69, 9.17) is 0 Å². The molecule has 6 heteroatoms. The van der Waals surface area contributed by atoms with Gasteiger partial charge in [-0.2, -0.15) is 0 Å². The van der Waals surface area contributed by atoms with Crippen LogP contribution < -0.4 is 4.90 Å². The summed E-state index contributed by atoms with van der Waals surface area (Å²) in [5.74, 6) is -0.145. The maximum Gasteiger partial charge on any atom is 0.241 e. The zero-order valence-corrected chi connectivity index (χ0v) is 20.6. The van der Waals surface area contributed by atoms with Gasteiger partial charge in [-0.15, -0.1) is 12.4 Å². The first kappa shape index (κ1) is 25.1. The summed E-state index contributed by atoms with van der Waals surface area (Å²) < 4.78 is 13.2. The standard InChI is InChI=1S/C29H29FN2O2.ClH/c1-29(23-7-3-2-4-8-23)25-9-5-6-10-26(25)32(28(29)34)20-19-31-17-15-22(16-18-31)27(33)21-11-13-24(30)14-12-21;/h2-14,22H,15-20H2,1H3;1H. The number of ketones is 1. The second kappa shape index (κ2) is 10.3. The van der Waals surface area contributed by atoms with Crippen LogP contribution in [-0.2, 0) is 10.2 Å². The lowest BCUT2D eigenvalue weighted by molar-refractivity contribution is -0.121. The Kier molecular flexibility index (Phi) is 7.39. The van der Waals surface area contributed by atoms with Crippen molar-refractivity contribution in [1.29, 1.82) is 0 Å². The fourth-order valence-electron chi connectivity index (χ4n) is 5.41. The van der Waals surface area contributed by atoms with Crippen LogP contribution >= 0.6 is 12.4 Å². The first-order valence-corrected chi connectivity index (χ1v) is 12.0. The molecule has 1 unspecified atom stereocenters. The summed E-state index contributed by atoms with van der Waals surface area (Å²) in [5.41, 5.74) is 2.94. The van der Waals surface area contributed by atoms with E-state index < -0.39 is 5.41 Å². The molecule has 2 aliphatic heterocycles. The van der Waals surface area contributed by atoms with E-state index in [1.54, 1.807) is 12.1 Å². The molecular formula is C29H30ClFN2O2. The molecule has 0 saturated carbocycles. The minimum Gasteiger partial charge on any atom is -0.310 e. The average Bonchev–Trinajstić information content (AvgIpc) is 3.11. The van der Waals surface area contributed by atoms with Gasteiger partial charge in [0.1, 0.15) is 5.82 Å². The smallest absolute Gasteiger partial charge is 0.241 e. The number of anilines is 1. The lowest BCUT2D eigenvalue weighted by Gasteiger charge is -2.33. The molecule has 0 aliphatic carbocycles. The highest BCUT2D eigenvalue weighted by Gasteiger charge is 2.48. The second-order valence-electron chi connectivity index (χ2n) is 9.45. The van der Waals surface area contributed by atoms with E-state index >= 15 is 0 Å². The van der Waals surface area contributed by atoms with Gasteiger partial charge in [-0.3, -0.25) is 9.59 Å². The number of hydrogen-bond donors (Lipinski definition) is 0. The van der Waals surface area contributed by atoms with Gasteiger partial charge in [0.2, 0.25) is 5.91 Å². The van der Waals surface area contributed by atoms with Crippen LogP contribution in [0.15, 0.2) is 78.9 Å². The Bertz CT molecular complexity index is 1190. The van der Waals surface area contributed by atoms with E-state index in [0.717, 1.165) is 49.3 Å². The van der Waals surface area contributed by atoms with Gasteiger partial charge in [0, 0.05) is 30.3 Å². The van der Waals surface area contributed by atoms with Crippen molar-refractivity contribution in [2.45, 2.75) is 25.2 Å². The highest BCUT2D eigenvalue weighted by atomic mass is 35.5. The van der Waals surface area contributed by atoms with Crippen molar-refractivity contribution in [2.24, 2.45) is 5.92 Å². The van der Waals surface area contributed by atoms with Crippen molar-refractivity contribution >= 4 is 29.8 Å². The normalized spacial score (nSPS) is 20.4. The van der Waals surface area contributed by atoms with E-state index in [0.29, 0.717) is 12.1 Å². The molecule has 0 radical (unpaired) electrons. The zero-order chi connectivity index (χ0) is 23.7. The molecule has 1 saturated heterocycles. The van der Waals surface area contributed by atoms with Gasteiger partial charge in [-0.05, 0) is 74.3 Å². The zero-order valence-electron chi connectivity index (χ0n) is 19.8. The molecule has 1 fully saturated rings. The van der Waals surface area contributed by atoms with Crippen molar-refractivity contribution in [3.05, 3.63) is 101 Å². The number of benzene rings is 3. The number of carbonyl (C=O) groups excluding carboxylic acids is 2. The number of nitrogens with zero attached hydrogens (tertiary/aromatic N) is 2. The van der Waals surface area contributed by atoms with E-state index in [1.165, 1.54) is 12.1 Å². The average molecular weight is 493 g/mol. The number of likely N-dealkylation sites (tertiary alicyclic amines) is 1. The Hall–Kier alpha value is -3.02. The fraction of sp³-hybridized carbons (Fsp3) is 0.310. The van der Waals surface area contributed by atoms with Crippen LogP contribution in [0.4, 0.5) is 10.1 Å². The molecule has 1 amide bonds. The molecular weight excluding hydrogens is 463 g/mol. The Morgan fingerprint density at radius 2 is 1.54 bits per heavy atom. The number of rotatable bonds is 6. The lowest BCUT2D eigenvalue weighted by Crippen LogP contribution is -2.44. The van der Waals surface area contributed by atoms with Crippen molar-refractivity contribution < 1.29 is 14.0 Å². The van der Waals surface area contributed by atoms with Crippen molar-refractivity contribution in [3.63, 3.8) is 0 Å². The minimum atomic E-state index is -0.688. The van der Waals surface area contributed by atoms with Gasteiger partial charge in [0.25, 0.3) is 0 Å². The molecule has 35 heavy (non-hydrogen) atoms. The second-order valence-corrected chi connectivity index (χ2v) is 9.45. The molecule has 2 heterocycles. The van der Waals surface area contributed by atoms with Crippen molar-refractivity contribution in [2.75, 3.05) is 31.1 Å². The summed E-state index contributed by atoms with van der Waals surface area (Å²) in [6.45, 7) is 5.04. The summed E-state index contributed by atoms with van der Waals surface area (Å²) in [4.78, 5) is 30.8. The number of amides is 1. The maximum atomic E-state index is 13.7. The Balaban J connectivity index is 0.00000289. The number of fused-ring (bicyclic) bond motifs is 1. The summed E-state index contributed by atoms with van der Waals surface area (Å²) in [6.07, 6.45) is 1.56. The van der Waals surface area contributed by atoms with Gasteiger partial charge < -0.3 is 9.80 Å². The molecule has 182 valence electrons. The maximum absolute atomic E-state index is 13.7. The highest BCUT2D eigenvalue weighted by molar-refractivity contribution is 6.10. The van der Waals surface area contributed by atoms with Crippen molar-refractivity contribution in [3.8, 4) is 0 Å². The van der Waals surface area contributed by atoms with Gasteiger partial charge in [-0.1, -0.05) is 48.5 Å². The van der Waals surface area contributed by atoms with Crippen LogP contribution in [0.2, 0.25) is 0 Å². The quantitative estimate of drug-likeness (QED) is 0.427. The number of piperidine rings is 1. The van der Waals surface area contributed by atoms with Crippen LogP contribution in [0.1, 0.15) is 41.3 Å². The van der Waals surface area contributed by atoms with E-state index in [2.05, 4.69) is 11.0 Å². The summed E-state index contributed by atoms with van der Waals surface area (Å²) in [7, 11) is 0. The topological polar surface area (TPSA) is 40.6 Å². The molecule has 0 N–H and O–H groups in total. The number of Topliss-reactive ketones (excluding diaryl/α,β-unsaturated/α-hetero) is 1. The van der Waals surface area contributed by atoms with Gasteiger partial charge >= 0.3 is 0 Å². The molecule has 4 nitrogen and oxygen atoms in total. The first-order chi connectivity index (χ1) is 16.5. The molecule has 0 aromatic heterocycles. The summed E-state index contributed by atoms with van der Waals surface area (Å²) >= 11 is 0. The molecule has 0 bridgehead atoms. The lowest BCUT2D eigenvalue weighted by atomic mass is 9.77. The Morgan fingerprint density at radius 3 is 2.23 bits per heavy atom. The van der Waals surface area contributed by atoms with E-state index in [9.17, 15) is 14.0 Å². The Morgan fingerprint density at radius 1 is 0.914 bits per heavy atom. The SMILES string of the molecule is CC1(c2ccccc2)C(=O)N(CCN2CCC(C(=O)c3ccc(F)cc3)CC2)c2ccccc21.Cl.